The van der Waals surface area contributed by atoms with Gasteiger partial charge >= 0.3 is 5.97 Å². The van der Waals surface area contributed by atoms with Gasteiger partial charge in [0.15, 0.2) is 0 Å². The second kappa shape index (κ2) is 6.03. The number of benzene rings is 2. The topological polar surface area (TPSA) is 80.3 Å². The van der Waals surface area contributed by atoms with Crippen molar-refractivity contribution in [2.24, 2.45) is 0 Å². The number of rotatable bonds is 3. The number of carbonyl (C=O) groups excluding carboxylic acids is 2. The number of anilines is 2. The zero-order valence-electron chi connectivity index (χ0n) is 13.2. The second-order valence-corrected chi connectivity index (χ2v) is 6.27. The molecule has 0 atom stereocenters. The third kappa shape index (κ3) is 2.64. The number of carbonyl (C=O) groups is 2. The molecule has 1 amide bonds. The lowest BCUT2D eigenvalue weighted by Crippen LogP contribution is -2.05. The van der Waals surface area contributed by atoms with Gasteiger partial charge in [0.05, 0.1) is 39.7 Å². The molecule has 2 N–H and O–H groups in total. The van der Waals surface area contributed by atoms with Crippen molar-refractivity contribution in [3.63, 3.8) is 0 Å². The van der Waals surface area contributed by atoms with Gasteiger partial charge < -0.3 is 15.4 Å². The number of nitrogens with one attached hydrogen (secondary N) is 2. The molecule has 0 aliphatic carbocycles. The van der Waals surface area contributed by atoms with Crippen molar-refractivity contribution < 1.29 is 14.3 Å². The average Bonchev–Trinajstić information content (AvgIpc) is 3.23. The van der Waals surface area contributed by atoms with Crippen LogP contribution in [0.5, 0.6) is 0 Å². The number of methoxy groups -OCH3 is 1. The molecule has 6 nitrogen and oxygen atoms in total. The molecule has 4 rings (SSSR count). The van der Waals surface area contributed by atoms with Crippen molar-refractivity contribution in [3.05, 3.63) is 59.2 Å². The third-order valence-electron chi connectivity index (χ3n) is 3.95. The number of hydrogen-bond donors (Lipinski definition) is 2. The molecule has 0 saturated heterocycles. The lowest BCUT2D eigenvalue weighted by Gasteiger charge is -2.04. The highest BCUT2D eigenvalue weighted by Crippen LogP contribution is 2.39. The molecule has 1 aromatic heterocycles. The molecule has 25 heavy (non-hydrogen) atoms. The van der Waals surface area contributed by atoms with E-state index in [0.717, 1.165) is 27.2 Å². The number of amides is 1. The average molecular weight is 351 g/mol. The maximum absolute atomic E-state index is 12.3. The number of ether oxygens (including phenoxy) is 1. The highest BCUT2D eigenvalue weighted by atomic mass is 32.1. The van der Waals surface area contributed by atoms with E-state index in [1.807, 2.05) is 12.1 Å². The summed E-state index contributed by atoms with van der Waals surface area (Å²) >= 11 is 1.50. The van der Waals surface area contributed by atoms with Gasteiger partial charge in [-0.25, -0.2) is 9.78 Å². The molecule has 2 aromatic carbocycles. The van der Waals surface area contributed by atoms with E-state index in [2.05, 4.69) is 20.4 Å². The number of thiazole rings is 1. The first-order valence-electron chi connectivity index (χ1n) is 7.50. The van der Waals surface area contributed by atoms with Crippen molar-refractivity contribution >= 4 is 50.4 Å². The van der Waals surface area contributed by atoms with E-state index < -0.39 is 0 Å². The number of hydrogen-bond acceptors (Lipinski definition) is 6. The molecule has 1 aliphatic heterocycles. The standard InChI is InChI=1S/C18H13N3O3S/c1-24-18(23)10-2-4-11(5-3-10)19-8-12-15-13(21-17(12)22)6-7-14-16(15)25-9-20-14/h2-9,19H,1H3,(H,21,22). The van der Waals surface area contributed by atoms with E-state index in [9.17, 15) is 9.59 Å². The van der Waals surface area contributed by atoms with Gasteiger partial charge in [0, 0.05) is 17.5 Å². The molecule has 0 spiro atoms. The molecular formula is C18H13N3O3S. The van der Waals surface area contributed by atoms with E-state index in [0.29, 0.717) is 11.1 Å². The highest BCUT2D eigenvalue weighted by molar-refractivity contribution is 7.17. The minimum Gasteiger partial charge on any atom is -0.465 e. The Hall–Kier alpha value is -3.19. The smallest absolute Gasteiger partial charge is 0.337 e. The second-order valence-electron chi connectivity index (χ2n) is 5.41. The Balaban J connectivity index is 1.66. The van der Waals surface area contributed by atoms with Crippen LogP contribution >= 0.6 is 11.3 Å². The first kappa shape index (κ1) is 15.3. The van der Waals surface area contributed by atoms with E-state index in [-0.39, 0.29) is 11.9 Å². The summed E-state index contributed by atoms with van der Waals surface area (Å²) in [6.07, 6.45) is 1.67. The van der Waals surface area contributed by atoms with Crippen LogP contribution in [0, 0.1) is 0 Å². The fraction of sp³-hybridized carbons (Fsp3) is 0.0556. The van der Waals surface area contributed by atoms with Gasteiger partial charge in [-0.3, -0.25) is 4.79 Å². The Labute approximate surface area is 147 Å². The fourth-order valence-electron chi connectivity index (χ4n) is 2.72. The van der Waals surface area contributed by atoms with Crippen LogP contribution in [0.3, 0.4) is 0 Å². The van der Waals surface area contributed by atoms with Gasteiger partial charge in [-0.2, -0.15) is 0 Å². The summed E-state index contributed by atoms with van der Waals surface area (Å²) in [7, 11) is 1.34. The van der Waals surface area contributed by atoms with E-state index in [1.54, 1.807) is 36.0 Å². The van der Waals surface area contributed by atoms with Gasteiger partial charge in [-0.05, 0) is 36.4 Å². The van der Waals surface area contributed by atoms with Crippen molar-refractivity contribution in [2.45, 2.75) is 0 Å². The zero-order valence-corrected chi connectivity index (χ0v) is 14.0. The molecule has 3 aromatic rings. The number of fused-ring (bicyclic) bond motifs is 3. The minimum absolute atomic E-state index is 0.158. The number of nitrogens with zero attached hydrogens (tertiary/aromatic N) is 1. The molecule has 0 bridgehead atoms. The predicted octanol–water partition coefficient (Wildman–Crippen LogP) is 3.49. The Morgan fingerprint density at radius 3 is 2.80 bits per heavy atom. The van der Waals surface area contributed by atoms with E-state index in [4.69, 9.17) is 0 Å². The SMILES string of the molecule is COC(=O)c1ccc(NC=C2C(=O)Nc3ccc4ncsc4c32)cc1. The summed E-state index contributed by atoms with van der Waals surface area (Å²) in [5.41, 5.74) is 6.08. The van der Waals surface area contributed by atoms with Crippen molar-refractivity contribution in [1.29, 1.82) is 0 Å². The van der Waals surface area contributed by atoms with Gasteiger partial charge in [-0.15, -0.1) is 11.3 Å². The fourth-order valence-corrected chi connectivity index (χ4v) is 3.57. The quantitative estimate of drug-likeness (QED) is 0.558. The molecule has 0 radical (unpaired) electrons. The number of esters is 1. The predicted molar refractivity (Wildman–Crippen MR) is 97.6 cm³/mol. The lowest BCUT2D eigenvalue weighted by molar-refractivity contribution is -0.110. The zero-order chi connectivity index (χ0) is 17.4. The summed E-state index contributed by atoms with van der Waals surface area (Å²) in [5, 5.41) is 5.98. The molecule has 0 unspecified atom stereocenters. The Morgan fingerprint density at radius 1 is 1.24 bits per heavy atom. The normalized spacial score (nSPS) is 14.4. The maximum atomic E-state index is 12.3. The van der Waals surface area contributed by atoms with Crippen LogP contribution in [0.4, 0.5) is 11.4 Å². The van der Waals surface area contributed by atoms with Crippen LogP contribution in [-0.2, 0) is 9.53 Å². The molecule has 7 heteroatoms. The summed E-state index contributed by atoms with van der Waals surface area (Å²) in [6, 6.07) is 10.6. The van der Waals surface area contributed by atoms with Gasteiger partial charge in [-0.1, -0.05) is 0 Å². The first-order valence-corrected chi connectivity index (χ1v) is 8.38. The summed E-state index contributed by atoms with van der Waals surface area (Å²) in [6.45, 7) is 0. The van der Waals surface area contributed by atoms with Gasteiger partial charge in [0.1, 0.15) is 0 Å². The Bertz CT molecular complexity index is 1020. The molecule has 2 heterocycles. The van der Waals surface area contributed by atoms with Crippen LogP contribution in [0.2, 0.25) is 0 Å². The number of aromatic nitrogens is 1. The summed E-state index contributed by atoms with van der Waals surface area (Å²) in [5.74, 6) is -0.545. The molecule has 0 fully saturated rings. The Morgan fingerprint density at radius 2 is 2.04 bits per heavy atom. The van der Waals surface area contributed by atoms with Gasteiger partial charge in [0.2, 0.25) is 0 Å². The molecule has 124 valence electrons. The van der Waals surface area contributed by atoms with Gasteiger partial charge in [0.25, 0.3) is 5.91 Å². The lowest BCUT2D eigenvalue weighted by atomic mass is 10.1. The maximum Gasteiger partial charge on any atom is 0.337 e. The van der Waals surface area contributed by atoms with E-state index in [1.165, 1.54) is 18.4 Å². The summed E-state index contributed by atoms with van der Waals surface area (Å²) < 4.78 is 5.65. The monoisotopic (exact) mass is 351 g/mol. The highest BCUT2D eigenvalue weighted by Gasteiger charge is 2.27. The van der Waals surface area contributed by atoms with Crippen LogP contribution in [-0.4, -0.2) is 24.0 Å². The minimum atomic E-state index is -0.387. The van der Waals surface area contributed by atoms with Crippen LogP contribution < -0.4 is 10.6 Å². The van der Waals surface area contributed by atoms with Crippen molar-refractivity contribution in [2.75, 3.05) is 17.7 Å². The largest absolute Gasteiger partial charge is 0.465 e. The van der Waals surface area contributed by atoms with Crippen LogP contribution in [0.25, 0.3) is 15.8 Å². The molecular weight excluding hydrogens is 338 g/mol. The van der Waals surface area contributed by atoms with Crippen molar-refractivity contribution in [3.8, 4) is 0 Å². The van der Waals surface area contributed by atoms with Crippen LogP contribution in [0.15, 0.2) is 48.1 Å². The van der Waals surface area contributed by atoms with E-state index >= 15 is 0 Å². The summed E-state index contributed by atoms with van der Waals surface area (Å²) in [4.78, 5) is 28.1. The third-order valence-corrected chi connectivity index (χ3v) is 4.81. The molecule has 1 aliphatic rings. The van der Waals surface area contributed by atoms with Crippen LogP contribution in [0.1, 0.15) is 15.9 Å². The van der Waals surface area contributed by atoms with Crippen molar-refractivity contribution in [1.82, 2.24) is 4.98 Å². The Kier molecular flexibility index (Phi) is 3.70. The first-order chi connectivity index (χ1) is 12.2. The molecule has 0 saturated carbocycles.